The predicted molar refractivity (Wildman–Crippen MR) is 85.1 cm³/mol. The van der Waals surface area contributed by atoms with Gasteiger partial charge >= 0.3 is 0 Å². The summed E-state index contributed by atoms with van der Waals surface area (Å²) in [4.78, 5) is 12.4. The molecule has 0 aliphatic heterocycles. The number of hydrogen-bond acceptors (Lipinski definition) is 4. The summed E-state index contributed by atoms with van der Waals surface area (Å²) in [6.07, 6.45) is 0. The van der Waals surface area contributed by atoms with E-state index < -0.39 is 0 Å². The van der Waals surface area contributed by atoms with E-state index >= 15 is 0 Å². The molecular formula is C17H21NO4. The second kappa shape index (κ2) is 7.77. The number of hydrogen-bond donors (Lipinski definition) is 1. The maximum Gasteiger partial charge on any atom is 0.256 e. The van der Waals surface area contributed by atoms with E-state index in [-0.39, 0.29) is 12.2 Å². The molecule has 0 fully saturated rings. The van der Waals surface area contributed by atoms with Gasteiger partial charge in [-0.1, -0.05) is 12.1 Å². The van der Waals surface area contributed by atoms with Crippen molar-refractivity contribution in [3.63, 3.8) is 0 Å². The van der Waals surface area contributed by atoms with Crippen LogP contribution in [0.3, 0.4) is 0 Å². The van der Waals surface area contributed by atoms with Gasteiger partial charge in [0.2, 0.25) is 0 Å². The largest absolute Gasteiger partial charge is 0.494 e. The van der Waals surface area contributed by atoms with Crippen molar-refractivity contribution in [1.82, 2.24) is 4.57 Å². The Morgan fingerprint density at radius 3 is 2.73 bits per heavy atom. The van der Waals surface area contributed by atoms with Gasteiger partial charge in [-0.15, -0.1) is 0 Å². The predicted octanol–water partition coefficient (Wildman–Crippen LogP) is 2.05. The number of rotatable bonds is 7. The van der Waals surface area contributed by atoms with Crippen LogP contribution in [0.15, 0.2) is 41.2 Å². The van der Waals surface area contributed by atoms with Gasteiger partial charge in [-0.3, -0.25) is 4.79 Å². The van der Waals surface area contributed by atoms with E-state index in [1.54, 1.807) is 17.7 Å². The zero-order valence-corrected chi connectivity index (χ0v) is 12.9. The van der Waals surface area contributed by atoms with E-state index in [9.17, 15) is 9.90 Å². The lowest BCUT2D eigenvalue weighted by molar-refractivity contribution is 0.186. The number of nitrogens with zero attached hydrogens (tertiary/aromatic N) is 1. The van der Waals surface area contributed by atoms with Crippen molar-refractivity contribution < 1.29 is 14.6 Å². The fourth-order valence-corrected chi connectivity index (χ4v) is 2.31. The first-order chi connectivity index (χ1) is 10.7. The molecule has 0 radical (unpaired) electrons. The molecule has 118 valence electrons. The van der Waals surface area contributed by atoms with Crippen LogP contribution in [0.2, 0.25) is 0 Å². The first kappa shape index (κ1) is 16.3. The van der Waals surface area contributed by atoms with Crippen LogP contribution in [-0.2, 0) is 17.9 Å². The van der Waals surface area contributed by atoms with Gasteiger partial charge in [-0.2, -0.15) is 0 Å². The van der Waals surface area contributed by atoms with Crippen LogP contribution in [0.4, 0.5) is 0 Å². The standard InChI is InChI=1S/C17H21NO4/c1-3-22-15-6-4-5-13(11-15)16-8-7-14(12-19)17(20)18(16)9-10-21-2/h4-8,11,19H,3,9-10,12H2,1-2H3. The van der Waals surface area contributed by atoms with Crippen LogP contribution >= 0.6 is 0 Å². The number of benzene rings is 1. The van der Waals surface area contributed by atoms with Gasteiger partial charge < -0.3 is 19.1 Å². The third-order valence-corrected chi connectivity index (χ3v) is 3.38. The first-order valence-corrected chi connectivity index (χ1v) is 7.27. The zero-order valence-electron chi connectivity index (χ0n) is 12.9. The minimum atomic E-state index is -0.273. The van der Waals surface area contributed by atoms with Crippen LogP contribution in [0.5, 0.6) is 5.75 Å². The van der Waals surface area contributed by atoms with Crippen molar-refractivity contribution in [1.29, 1.82) is 0 Å². The fourth-order valence-electron chi connectivity index (χ4n) is 2.31. The molecule has 1 aromatic carbocycles. The molecule has 0 aliphatic rings. The Balaban J connectivity index is 2.51. The molecule has 1 N–H and O–H groups in total. The van der Waals surface area contributed by atoms with Gasteiger partial charge in [0.1, 0.15) is 5.75 Å². The molecule has 5 nitrogen and oxygen atoms in total. The van der Waals surface area contributed by atoms with Crippen LogP contribution in [0, 0.1) is 0 Å². The molecule has 0 bridgehead atoms. The van der Waals surface area contributed by atoms with E-state index in [2.05, 4.69) is 0 Å². The second-order valence-corrected chi connectivity index (χ2v) is 4.81. The van der Waals surface area contributed by atoms with Gasteiger partial charge in [-0.05, 0) is 31.2 Å². The lowest BCUT2D eigenvalue weighted by atomic mass is 10.1. The van der Waals surface area contributed by atoms with Crippen molar-refractivity contribution in [2.45, 2.75) is 20.1 Å². The molecule has 22 heavy (non-hydrogen) atoms. The van der Waals surface area contributed by atoms with Crippen molar-refractivity contribution in [3.05, 3.63) is 52.3 Å². The summed E-state index contributed by atoms with van der Waals surface area (Å²) in [7, 11) is 1.59. The number of ether oxygens (including phenoxy) is 2. The van der Waals surface area contributed by atoms with Crippen molar-refractivity contribution in [2.24, 2.45) is 0 Å². The fraction of sp³-hybridized carbons (Fsp3) is 0.353. The Morgan fingerprint density at radius 2 is 2.05 bits per heavy atom. The van der Waals surface area contributed by atoms with E-state index in [4.69, 9.17) is 9.47 Å². The number of aromatic nitrogens is 1. The minimum Gasteiger partial charge on any atom is -0.494 e. The van der Waals surface area contributed by atoms with Crippen LogP contribution in [0.25, 0.3) is 11.3 Å². The Bertz CT molecular complexity index is 679. The summed E-state index contributed by atoms with van der Waals surface area (Å²) < 4.78 is 12.2. The molecule has 2 rings (SSSR count). The summed E-state index contributed by atoms with van der Waals surface area (Å²) in [5.74, 6) is 0.761. The molecule has 1 heterocycles. The highest BCUT2D eigenvalue weighted by Gasteiger charge is 2.10. The number of methoxy groups -OCH3 is 1. The van der Waals surface area contributed by atoms with Crippen molar-refractivity contribution in [3.8, 4) is 17.0 Å². The second-order valence-electron chi connectivity index (χ2n) is 4.81. The van der Waals surface area contributed by atoms with E-state index in [1.807, 2.05) is 37.3 Å². The Labute approximate surface area is 129 Å². The molecule has 0 saturated heterocycles. The molecule has 0 saturated carbocycles. The Hall–Kier alpha value is -2.11. The van der Waals surface area contributed by atoms with Gasteiger partial charge in [0.25, 0.3) is 5.56 Å². The van der Waals surface area contributed by atoms with Crippen molar-refractivity contribution >= 4 is 0 Å². The summed E-state index contributed by atoms with van der Waals surface area (Å²) in [5, 5.41) is 9.28. The molecule has 0 unspecified atom stereocenters. The molecule has 0 amide bonds. The number of aliphatic hydroxyl groups excluding tert-OH is 1. The quantitative estimate of drug-likeness (QED) is 0.850. The zero-order chi connectivity index (χ0) is 15.9. The smallest absolute Gasteiger partial charge is 0.256 e. The highest BCUT2D eigenvalue weighted by molar-refractivity contribution is 5.62. The summed E-state index contributed by atoms with van der Waals surface area (Å²) in [5.41, 5.74) is 1.85. The summed E-state index contributed by atoms with van der Waals surface area (Å²) >= 11 is 0. The molecule has 0 atom stereocenters. The normalized spacial score (nSPS) is 10.7. The third-order valence-electron chi connectivity index (χ3n) is 3.38. The molecule has 0 aliphatic carbocycles. The number of pyridine rings is 1. The van der Waals surface area contributed by atoms with Gasteiger partial charge in [0, 0.05) is 24.8 Å². The average Bonchev–Trinajstić information content (AvgIpc) is 2.54. The number of aliphatic hydroxyl groups is 1. The third kappa shape index (κ3) is 3.55. The van der Waals surface area contributed by atoms with Crippen LogP contribution in [-0.4, -0.2) is 30.0 Å². The lowest BCUT2D eigenvalue weighted by Gasteiger charge is -2.15. The van der Waals surface area contributed by atoms with Gasteiger partial charge in [0.05, 0.1) is 25.5 Å². The molecular weight excluding hydrogens is 282 g/mol. The molecule has 2 aromatic rings. The van der Waals surface area contributed by atoms with Gasteiger partial charge in [0.15, 0.2) is 0 Å². The van der Waals surface area contributed by atoms with E-state index in [0.717, 1.165) is 17.0 Å². The van der Waals surface area contributed by atoms with Gasteiger partial charge in [-0.25, -0.2) is 0 Å². The average molecular weight is 303 g/mol. The maximum atomic E-state index is 12.4. The highest BCUT2D eigenvalue weighted by Crippen LogP contribution is 2.23. The lowest BCUT2D eigenvalue weighted by Crippen LogP contribution is -2.26. The Kier molecular flexibility index (Phi) is 5.75. The first-order valence-electron chi connectivity index (χ1n) is 7.27. The topological polar surface area (TPSA) is 60.7 Å². The van der Waals surface area contributed by atoms with Crippen LogP contribution in [0.1, 0.15) is 12.5 Å². The summed E-state index contributed by atoms with van der Waals surface area (Å²) in [6, 6.07) is 11.1. The van der Waals surface area contributed by atoms with E-state index in [0.29, 0.717) is 25.3 Å². The highest BCUT2D eigenvalue weighted by atomic mass is 16.5. The molecule has 1 aromatic heterocycles. The maximum absolute atomic E-state index is 12.4. The van der Waals surface area contributed by atoms with Crippen molar-refractivity contribution in [2.75, 3.05) is 20.3 Å². The van der Waals surface area contributed by atoms with E-state index in [1.165, 1.54) is 0 Å². The van der Waals surface area contributed by atoms with Crippen LogP contribution < -0.4 is 10.3 Å². The summed E-state index contributed by atoms with van der Waals surface area (Å²) in [6.45, 7) is 3.09. The minimum absolute atomic E-state index is 0.195. The SMILES string of the molecule is CCOc1cccc(-c2ccc(CO)c(=O)n2CCOC)c1. The Morgan fingerprint density at radius 1 is 1.23 bits per heavy atom. The molecule has 0 spiro atoms. The monoisotopic (exact) mass is 303 g/mol. The molecule has 5 heteroatoms.